The predicted molar refractivity (Wildman–Crippen MR) is 128 cm³/mol. The minimum Gasteiger partial charge on any atom is -0.357 e. The molecule has 0 amide bonds. The zero-order valence-electron chi connectivity index (χ0n) is 16.5. The molecule has 0 bridgehead atoms. The molecule has 0 aliphatic heterocycles. The molecule has 2 aromatic rings. The molecule has 0 saturated carbocycles. The van der Waals surface area contributed by atoms with Gasteiger partial charge in [0.2, 0.25) is 0 Å². The van der Waals surface area contributed by atoms with E-state index in [0.29, 0.717) is 6.54 Å². The zero-order chi connectivity index (χ0) is 19.1. The Morgan fingerprint density at radius 3 is 2.41 bits per heavy atom. The van der Waals surface area contributed by atoms with Crippen molar-refractivity contribution in [2.75, 3.05) is 27.2 Å². The largest absolute Gasteiger partial charge is 0.357 e. The highest BCUT2D eigenvalue weighted by Crippen LogP contribution is 2.20. The molecule has 5 nitrogen and oxygen atoms in total. The van der Waals surface area contributed by atoms with Crippen LogP contribution in [-0.4, -0.2) is 43.0 Å². The Kier molecular flexibility index (Phi) is 10.6. The summed E-state index contributed by atoms with van der Waals surface area (Å²) in [6.45, 7) is 8.35. The number of nitrogens with zero attached hydrogens (tertiary/aromatic N) is 3. The highest BCUT2D eigenvalue weighted by Gasteiger charge is 2.14. The van der Waals surface area contributed by atoms with Gasteiger partial charge in [-0.25, -0.2) is 9.98 Å². The average Bonchev–Trinajstić information content (AvgIpc) is 2.92. The van der Waals surface area contributed by atoms with Crippen LogP contribution in [0.25, 0.3) is 0 Å². The van der Waals surface area contributed by atoms with Gasteiger partial charge < -0.3 is 15.5 Å². The van der Waals surface area contributed by atoms with Crippen LogP contribution in [0.15, 0.2) is 29.3 Å². The molecule has 8 heteroatoms. The summed E-state index contributed by atoms with van der Waals surface area (Å²) in [4.78, 5) is 12.7. The topological polar surface area (TPSA) is 52.6 Å². The lowest BCUT2D eigenvalue weighted by molar-refractivity contribution is 0.298. The molecule has 2 N–H and O–H groups in total. The number of guanidine groups is 1. The second-order valence-electron chi connectivity index (χ2n) is 6.36. The molecule has 0 aliphatic rings. The fourth-order valence-corrected chi connectivity index (χ4v) is 3.56. The Morgan fingerprint density at radius 1 is 1.22 bits per heavy atom. The Hall–Kier alpha value is -0.900. The SMILES string of the molecule is CCNC(=NCc1nc(C)c(C)s1)NCC(c1ccc(Cl)cc1)N(C)C.I. The molecule has 1 unspecified atom stereocenters. The average molecular weight is 522 g/mol. The normalized spacial score (nSPS) is 12.6. The summed E-state index contributed by atoms with van der Waals surface area (Å²) < 4.78 is 0. The lowest BCUT2D eigenvalue weighted by Crippen LogP contribution is -2.41. The van der Waals surface area contributed by atoms with E-state index in [-0.39, 0.29) is 30.0 Å². The van der Waals surface area contributed by atoms with Gasteiger partial charge >= 0.3 is 0 Å². The van der Waals surface area contributed by atoms with Gasteiger partial charge in [0.1, 0.15) is 5.01 Å². The van der Waals surface area contributed by atoms with Crippen molar-refractivity contribution in [3.63, 3.8) is 0 Å². The third kappa shape index (κ3) is 7.56. The molecule has 150 valence electrons. The maximum absolute atomic E-state index is 6.01. The van der Waals surface area contributed by atoms with Gasteiger partial charge in [-0.3, -0.25) is 0 Å². The number of thiazole rings is 1. The zero-order valence-corrected chi connectivity index (χ0v) is 20.4. The van der Waals surface area contributed by atoms with E-state index in [1.165, 1.54) is 10.4 Å². The van der Waals surface area contributed by atoms with Gasteiger partial charge in [0.25, 0.3) is 0 Å². The molecule has 0 spiro atoms. The fraction of sp³-hybridized carbons (Fsp3) is 0.474. The highest BCUT2D eigenvalue weighted by atomic mass is 127. The van der Waals surface area contributed by atoms with E-state index in [1.54, 1.807) is 11.3 Å². The number of aryl methyl sites for hydroxylation is 2. The van der Waals surface area contributed by atoms with Crippen molar-refractivity contribution in [1.82, 2.24) is 20.5 Å². The predicted octanol–water partition coefficient (Wildman–Crippen LogP) is 4.39. The first-order chi connectivity index (χ1) is 12.4. The second-order valence-corrected chi connectivity index (χ2v) is 8.08. The van der Waals surface area contributed by atoms with Crippen molar-refractivity contribution in [3.8, 4) is 0 Å². The molecule has 2 rings (SSSR count). The number of nitrogens with one attached hydrogen (secondary N) is 2. The van der Waals surface area contributed by atoms with Crippen molar-refractivity contribution < 1.29 is 0 Å². The summed E-state index contributed by atoms with van der Waals surface area (Å²) in [7, 11) is 4.15. The van der Waals surface area contributed by atoms with Crippen molar-refractivity contribution in [2.24, 2.45) is 4.99 Å². The Balaban J connectivity index is 0.00000364. The van der Waals surface area contributed by atoms with Crippen LogP contribution in [0.5, 0.6) is 0 Å². The number of halogens is 2. The van der Waals surface area contributed by atoms with E-state index in [9.17, 15) is 0 Å². The van der Waals surface area contributed by atoms with Crippen molar-refractivity contribution >= 4 is 52.9 Å². The van der Waals surface area contributed by atoms with E-state index in [0.717, 1.165) is 34.8 Å². The highest BCUT2D eigenvalue weighted by molar-refractivity contribution is 14.0. The first kappa shape index (κ1) is 24.1. The standard InChI is InChI=1S/C19H28ClN5S.HI/c1-6-21-19(23-12-18-24-13(2)14(3)26-18)22-11-17(25(4)5)15-7-9-16(20)10-8-15;/h7-10,17H,6,11-12H2,1-5H3,(H2,21,22,23);1H. The van der Waals surface area contributed by atoms with Crippen LogP contribution in [0.4, 0.5) is 0 Å². The van der Waals surface area contributed by atoms with Crippen LogP contribution in [-0.2, 0) is 6.54 Å². The Bertz CT molecular complexity index is 711. The van der Waals surface area contributed by atoms with E-state index in [2.05, 4.69) is 65.6 Å². The van der Waals surface area contributed by atoms with E-state index < -0.39 is 0 Å². The molecule has 1 atom stereocenters. The number of benzene rings is 1. The van der Waals surface area contributed by atoms with Gasteiger partial charge in [-0.1, -0.05) is 23.7 Å². The summed E-state index contributed by atoms with van der Waals surface area (Å²) in [6.07, 6.45) is 0. The Morgan fingerprint density at radius 2 is 1.89 bits per heavy atom. The van der Waals surface area contributed by atoms with Crippen LogP contribution in [0, 0.1) is 13.8 Å². The number of likely N-dealkylation sites (N-methyl/N-ethyl adjacent to an activating group) is 1. The van der Waals surface area contributed by atoms with Gasteiger partial charge in [-0.05, 0) is 52.6 Å². The molecular formula is C19H29ClIN5S. The van der Waals surface area contributed by atoms with Crippen LogP contribution in [0.3, 0.4) is 0 Å². The van der Waals surface area contributed by atoms with E-state index >= 15 is 0 Å². The van der Waals surface area contributed by atoms with Gasteiger partial charge in [-0.2, -0.15) is 0 Å². The maximum atomic E-state index is 6.01. The molecule has 0 saturated heterocycles. The summed E-state index contributed by atoms with van der Waals surface area (Å²) in [5.41, 5.74) is 2.31. The van der Waals surface area contributed by atoms with Crippen LogP contribution < -0.4 is 10.6 Å². The molecule has 0 aliphatic carbocycles. The summed E-state index contributed by atoms with van der Waals surface area (Å²) in [6, 6.07) is 8.22. The monoisotopic (exact) mass is 521 g/mol. The Labute approximate surface area is 188 Å². The molecule has 1 aromatic heterocycles. The third-order valence-electron chi connectivity index (χ3n) is 4.13. The van der Waals surface area contributed by atoms with Crippen LogP contribution in [0.2, 0.25) is 5.02 Å². The second kappa shape index (κ2) is 11.8. The first-order valence-electron chi connectivity index (χ1n) is 8.77. The van der Waals surface area contributed by atoms with Crippen LogP contribution in [0.1, 0.15) is 34.1 Å². The minimum absolute atomic E-state index is 0. The van der Waals surface area contributed by atoms with Gasteiger partial charge in [0.05, 0.1) is 18.3 Å². The summed E-state index contributed by atoms with van der Waals surface area (Å²) in [5, 5.41) is 8.55. The number of rotatable bonds is 7. The van der Waals surface area contributed by atoms with Crippen molar-refractivity contribution in [3.05, 3.63) is 50.4 Å². The third-order valence-corrected chi connectivity index (χ3v) is 5.44. The number of aromatic nitrogens is 1. The smallest absolute Gasteiger partial charge is 0.191 e. The maximum Gasteiger partial charge on any atom is 0.191 e. The number of hydrogen-bond acceptors (Lipinski definition) is 4. The minimum atomic E-state index is 0. The molecule has 1 heterocycles. The molecular weight excluding hydrogens is 493 g/mol. The van der Waals surface area contributed by atoms with Gasteiger partial charge in [0.15, 0.2) is 5.96 Å². The van der Waals surface area contributed by atoms with Crippen molar-refractivity contribution in [2.45, 2.75) is 33.4 Å². The molecule has 27 heavy (non-hydrogen) atoms. The van der Waals surface area contributed by atoms with Gasteiger partial charge in [-0.15, -0.1) is 35.3 Å². The van der Waals surface area contributed by atoms with Crippen molar-refractivity contribution in [1.29, 1.82) is 0 Å². The number of hydrogen-bond donors (Lipinski definition) is 2. The summed E-state index contributed by atoms with van der Waals surface area (Å²) in [5.74, 6) is 0.804. The fourth-order valence-electron chi connectivity index (χ4n) is 2.57. The molecule has 0 radical (unpaired) electrons. The molecule has 1 aromatic carbocycles. The quantitative estimate of drug-likeness (QED) is 0.322. The molecule has 0 fully saturated rings. The lowest BCUT2D eigenvalue weighted by Gasteiger charge is -2.26. The van der Waals surface area contributed by atoms with Gasteiger partial charge in [0, 0.05) is 23.0 Å². The first-order valence-corrected chi connectivity index (χ1v) is 9.97. The van der Waals surface area contributed by atoms with E-state index in [1.807, 2.05) is 19.1 Å². The number of aliphatic imine (C=N–C) groups is 1. The lowest BCUT2D eigenvalue weighted by atomic mass is 10.1. The summed E-state index contributed by atoms with van der Waals surface area (Å²) >= 11 is 7.72. The van der Waals surface area contributed by atoms with Crippen LogP contribution >= 0.6 is 46.9 Å². The van der Waals surface area contributed by atoms with E-state index in [4.69, 9.17) is 11.6 Å².